The van der Waals surface area contributed by atoms with Crippen molar-refractivity contribution < 1.29 is 23.5 Å². The van der Waals surface area contributed by atoms with Crippen LogP contribution in [-0.2, 0) is 25.5 Å². The lowest BCUT2D eigenvalue weighted by molar-refractivity contribution is -0.148. The van der Waals surface area contributed by atoms with Crippen LogP contribution in [0.25, 0.3) is 10.9 Å². The predicted molar refractivity (Wildman–Crippen MR) is 130 cm³/mol. The first-order chi connectivity index (χ1) is 17.5. The Morgan fingerprint density at radius 2 is 2.08 bits per heavy atom. The second-order valence-corrected chi connectivity index (χ2v) is 10.4. The summed E-state index contributed by atoms with van der Waals surface area (Å²) in [5.74, 6) is -1.33. The van der Waals surface area contributed by atoms with Crippen molar-refractivity contribution in [3.8, 4) is 0 Å². The van der Waals surface area contributed by atoms with Crippen molar-refractivity contribution in [2.45, 2.75) is 43.6 Å². The molecule has 8 nitrogen and oxygen atoms in total. The molecule has 8 heteroatoms. The van der Waals surface area contributed by atoms with E-state index in [1.54, 1.807) is 23.3 Å². The normalized spacial score (nSPS) is 34.4. The molecular weight excluding hydrogens is 458 g/mol. The van der Waals surface area contributed by atoms with Crippen molar-refractivity contribution in [2.75, 3.05) is 6.54 Å². The van der Waals surface area contributed by atoms with E-state index in [0.717, 1.165) is 16.5 Å². The third-order valence-corrected chi connectivity index (χ3v) is 8.62. The number of fused-ring (bicyclic) bond motifs is 3. The molecular formula is C28H27N3O5. The molecule has 7 atom stereocenters. The molecule has 184 valence electrons. The highest BCUT2D eigenvalue weighted by molar-refractivity contribution is 5.96. The van der Waals surface area contributed by atoms with Crippen LogP contribution in [-0.4, -0.2) is 51.8 Å². The number of aromatic amines is 1. The Balaban J connectivity index is 1.15. The number of rotatable bonds is 5. The second-order valence-electron chi connectivity index (χ2n) is 10.4. The maximum atomic E-state index is 14.0. The molecule has 1 aromatic carbocycles. The molecule has 0 radical (unpaired) electrons. The molecule has 3 fully saturated rings. The van der Waals surface area contributed by atoms with E-state index in [0.29, 0.717) is 18.7 Å². The van der Waals surface area contributed by atoms with Crippen LogP contribution in [0.15, 0.2) is 65.4 Å². The highest BCUT2D eigenvalue weighted by Gasteiger charge is 2.74. The Morgan fingerprint density at radius 3 is 2.92 bits per heavy atom. The zero-order valence-electron chi connectivity index (χ0n) is 19.8. The molecule has 3 aromatic rings. The molecule has 0 saturated carbocycles. The summed E-state index contributed by atoms with van der Waals surface area (Å²) < 4.78 is 12.0. The lowest BCUT2D eigenvalue weighted by Gasteiger charge is -2.43. The van der Waals surface area contributed by atoms with Crippen LogP contribution in [0.1, 0.15) is 30.7 Å². The number of furan rings is 1. The number of nitrogens with zero attached hydrogens (tertiary/aromatic N) is 1. The van der Waals surface area contributed by atoms with E-state index in [1.807, 2.05) is 43.5 Å². The number of ether oxygens (including phenoxy) is 1. The van der Waals surface area contributed by atoms with Gasteiger partial charge in [0.1, 0.15) is 17.1 Å². The predicted octanol–water partition coefficient (Wildman–Crippen LogP) is 2.92. The van der Waals surface area contributed by atoms with Gasteiger partial charge in [-0.05, 0) is 30.2 Å². The molecule has 1 spiro atoms. The fourth-order valence-corrected chi connectivity index (χ4v) is 7.04. The van der Waals surface area contributed by atoms with Gasteiger partial charge in [0.15, 0.2) is 0 Å². The molecule has 36 heavy (non-hydrogen) atoms. The van der Waals surface area contributed by atoms with Gasteiger partial charge in [0, 0.05) is 36.0 Å². The fourth-order valence-electron chi connectivity index (χ4n) is 7.04. The van der Waals surface area contributed by atoms with Crippen molar-refractivity contribution in [1.82, 2.24) is 15.2 Å². The molecule has 2 aromatic heterocycles. The van der Waals surface area contributed by atoms with Crippen LogP contribution < -0.4 is 5.32 Å². The number of hydrogen-bond donors (Lipinski definition) is 2. The number of Topliss-reactive ketones (excluding diaryl/α,β-unsaturated/α-hetero) is 1. The number of H-pyrrole nitrogens is 1. The Bertz CT molecular complexity index is 1410. The van der Waals surface area contributed by atoms with E-state index in [-0.39, 0.29) is 24.0 Å². The van der Waals surface area contributed by atoms with Gasteiger partial charge in [0.2, 0.25) is 11.8 Å². The maximum absolute atomic E-state index is 14.0. The number of amides is 2. The summed E-state index contributed by atoms with van der Waals surface area (Å²) >= 11 is 0. The zero-order valence-corrected chi connectivity index (χ0v) is 19.8. The SMILES string of the molecule is C[C@H]1C(=O)C[C@H](c2ccco2)N2C(=O)[C@@H]3[C@H](C(=O)NCCc4c[nH]c5ccccc45)[C@@H]4C=C[C@@]3(O4)[C@@H]12. The van der Waals surface area contributed by atoms with Gasteiger partial charge in [-0.3, -0.25) is 14.4 Å². The molecule has 4 aliphatic heterocycles. The minimum Gasteiger partial charge on any atom is -0.467 e. The second kappa shape index (κ2) is 7.67. The number of para-hydroxylation sites is 1. The molecule has 0 aliphatic carbocycles. The summed E-state index contributed by atoms with van der Waals surface area (Å²) in [5.41, 5.74) is 1.23. The molecule has 0 unspecified atom stereocenters. The van der Waals surface area contributed by atoms with Crippen molar-refractivity contribution >= 4 is 28.5 Å². The summed E-state index contributed by atoms with van der Waals surface area (Å²) in [6.07, 6.45) is 7.75. The maximum Gasteiger partial charge on any atom is 0.230 e. The van der Waals surface area contributed by atoms with Gasteiger partial charge in [0.05, 0.1) is 36.3 Å². The monoisotopic (exact) mass is 485 g/mol. The average molecular weight is 486 g/mol. The summed E-state index contributed by atoms with van der Waals surface area (Å²) in [4.78, 5) is 45.5. The van der Waals surface area contributed by atoms with Gasteiger partial charge in [-0.2, -0.15) is 0 Å². The molecule has 3 saturated heterocycles. The number of hydrogen-bond acceptors (Lipinski definition) is 5. The van der Waals surface area contributed by atoms with E-state index in [4.69, 9.17) is 9.15 Å². The number of ketones is 1. The van der Waals surface area contributed by atoms with Gasteiger partial charge in [-0.1, -0.05) is 37.3 Å². The largest absolute Gasteiger partial charge is 0.467 e. The Morgan fingerprint density at radius 1 is 1.22 bits per heavy atom. The van der Waals surface area contributed by atoms with Crippen LogP contribution in [0.3, 0.4) is 0 Å². The average Bonchev–Trinajstić information content (AvgIpc) is 3.69. The van der Waals surface area contributed by atoms with E-state index in [9.17, 15) is 14.4 Å². The van der Waals surface area contributed by atoms with Crippen molar-refractivity contribution in [3.63, 3.8) is 0 Å². The summed E-state index contributed by atoms with van der Waals surface area (Å²) in [6.45, 7) is 2.32. The molecule has 7 rings (SSSR count). The molecule has 4 aliphatic rings. The van der Waals surface area contributed by atoms with E-state index in [2.05, 4.69) is 16.4 Å². The number of piperidine rings is 1. The third kappa shape index (κ3) is 2.82. The number of nitrogens with one attached hydrogen (secondary N) is 2. The van der Waals surface area contributed by atoms with Gasteiger partial charge in [0.25, 0.3) is 0 Å². The van der Waals surface area contributed by atoms with Crippen LogP contribution >= 0.6 is 0 Å². The lowest BCUT2D eigenvalue weighted by Crippen LogP contribution is -2.55. The summed E-state index contributed by atoms with van der Waals surface area (Å²) in [6, 6.07) is 10.7. The van der Waals surface area contributed by atoms with E-state index in [1.165, 1.54) is 0 Å². The molecule has 2 bridgehead atoms. The Kier molecular flexibility index (Phi) is 4.61. The highest BCUT2D eigenvalue weighted by Crippen LogP contribution is 2.59. The zero-order chi connectivity index (χ0) is 24.6. The Labute approximate surface area is 207 Å². The van der Waals surface area contributed by atoms with Crippen LogP contribution in [0, 0.1) is 17.8 Å². The topological polar surface area (TPSA) is 105 Å². The first-order valence-electron chi connectivity index (χ1n) is 12.6. The quantitative estimate of drug-likeness (QED) is 0.541. The molecule has 2 amide bonds. The van der Waals surface area contributed by atoms with Gasteiger partial charge >= 0.3 is 0 Å². The number of carbonyl (C=O) groups excluding carboxylic acids is 3. The van der Waals surface area contributed by atoms with Crippen molar-refractivity contribution in [3.05, 3.63) is 72.3 Å². The van der Waals surface area contributed by atoms with Gasteiger partial charge < -0.3 is 24.4 Å². The standard InChI is InChI=1S/C28H27N3O5/c1-15-20(32)13-19(21-7-4-12-35-21)31-25(15)28-10-8-22(36-28)23(24(28)27(31)34)26(33)29-11-9-16-14-30-18-6-3-2-5-17(16)18/h2-8,10,12,14-15,19,22-25,30H,9,11,13H2,1H3,(H,29,33)/t15-,19+,22-,23+,24-,25+,28-/m0/s1. The Hall–Kier alpha value is -3.65. The summed E-state index contributed by atoms with van der Waals surface area (Å²) in [5, 5.41) is 4.20. The van der Waals surface area contributed by atoms with Crippen molar-refractivity contribution in [1.29, 1.82) is 0 Å². The van der Waals surface area contributed by atoms with Gasteiger partial charge in [-0.25, -0.2) is 0 Å². The lowest BCUT2D eigenvalue weighted by atomic mass is 9.70. The first kappa shape index (κ1) is 21.6. The van der Waals surface area contributed by atoms with E-state index >= 15 is 0 Å². The van der Waals surface area contributed by atoms with E-state index < -0.39 is 41.5 Å². The fraction of sp³-hybridized carbons (Fsp3) is 0.393. The first-order valence-corrected chi connectivity index (χ1v) is 12.6. The van der Waals surface area contributed by atoms with Gasteiger partial charge in [-0.15, -0.1) is 0 Å². The minimum atomic E-state index is -0.971. The number of carbonyl (C=O) groups is 3. The smallest absolute Gasteiger partial charge is 0.230 e. The molecule has 2 N–H and O–H groups in total. The van der Waals surface area contributed by atoms with Crippen LogP contribution in [0.2, 0.25) is 0 Å². The minimum absolute atomic E-state index is 0.0764. The van der Waals surface area contributed by atoms with Crippen LogP contribution in [0.4, 0.5) is 0 Å². The van der Waals surface area contributed by atoms with Crippen LogP contribution in [0.5, 0.6) is 0 Å². The number of benzene rings is 1. The summed E-state index contributed by atoms with van der Waals surface area (Å²) in [7, 11) is 0. The highest BCUT2D eigenvalue weighted by atomic mass is 16.5. The number of aromatic nitrogens is 1. The third-order valence-electron chi connectivity index (χ3n) is 8.62. The molecule has 6 heterocycles. The van der Waals surface area contributed by atoms with Crippen molar-refractivity contribution in [2.24, 2.45) is 17.8 Å².